The topological polar surface area (TPSA) is 57.4 Å². The first-order valence-corrected chi connectivity index (χ1v) is 9.22. The Morgan fingerprint density at radius 3 is 2.61 bits per heavy atom. The zero-order valence-electron chi connectivity index (χ0n) is 13.3. The molecule has 0 bridgehead atoms. The maximum absolute atomic E-state index is 5.78. The van der Waals surface area contributed by atoms with Crippen molar-refractivity contribution < 1.29 is 9.57 Å². The first kappa shape index (κ1) is 16.4. The molecule has 0 amide bonds. The summed E-state index contributed by atoms with van der Waals surface area (Å²) >= 11 is 1.59. The Balaban J connectivity index is 1.63. The average molecular weight is 332 g/mol. The normalized spacial score (nSPS) is 17.1. The maximum Gasteiger partial charge on any atom is 0.131 e. The highest BCUT2D eigenvalue weighted by molar-refractivity contribution is 7.07. The molecular weight excluding hydrogens is 308 g/mol. The van der Waals surface area contributed by atoms with Gasteiger partial charge in [-0.3, -0.25) is 0 Å². The SMILES string of the molecule is NOCC(c1ccc(OCc2cscn2)cc1)C1CCCCC1. The van der Waals surface area contributed by atoms with E-state index in [1.165, 1.54) is 37.7 Å². The average Bonchev–Trinajstić information content (AvgIpc) is 3.13. The lowest BCUT2D eigenvalue weighted by atomic mass is 9.77. The summed E-state index contributed by atoms with van der Waals surface area (Å²) in [4.78, 5) is 9.23. The van der Waals surface area contributed by atoms with Gasteiger partial charge >= 0.3 is 0 Å². The summed E-state index contributed by atoms with van der Waals surface area (Å²) in [6.07, 6.45) is 6.55. The van der Waals surface area contributed by atoms with Gasteiger partial charge in [0.1, 0.15) is 12.4 Å². The van der Waals surface area contributed by atoms with E-state index >= 15 is 0 Å². The number of hydrogen-bond acceptors (Lipinski definition) is 5. The van der Waals surface area contributed by atoms with Gasteiger partial charge in [0.2, 0.25) is 0 Å². The van der Waals surface area contributed by atoms with Crippen LogP contribution >= 0.6 is 11.3 Å². The van der Waals surface area contributed by atoms with Crippen LogP contribution in [0.3, 0.4) is 0 Å². The molecule has 1 aliphatic carbocycles. The molecule has 124 valence electrons. The third kappa shape index (κ3) is 4.53. The molecule has 1 heterocycles. The number of ether oxygens (including phenoxy) is 1. The quantitative estimate of drug-likeness (QED) is 0.769. The van der Waals surface area contributed by atoms with E-state index in [9.17, 15) is 0 Å². The molecule has 0 saturated heterocycles. The molecule has 0 spiro atoms. The second-order valence-corrected chi connectivity index (χ2v) is 6.89. The number of nitrogens with two attached hydrogens (primary N) is 1. The van der Waals surface area contributed by atoms with Gasteiger partial charge in [-0.25, -0.2) is 10.9 Å². The van der Waals surface area contributed by atoms with Gasteiger partial charge in [-0.1, -0.05) is 31.4 Å². The molecule has 23 heavy (non-hydrogen) atoms. The molecule has 1 atom stereocenters. The molecule has 1 unspecified atom stereocenters. The monoisotopic (exact) mass is 332 g/mol. The zero-order valence-corrected chi connectivity index (χ0v) is 14.1. The zero-order chi connectivity index (χ0) is 15.9. The molecule has 0 aliphatic heterocycles. The number of benzene rings is 1. The summed E-state index contributed by atoms with van der Waals surface area (Å²) in [5, 5.41) is 2.01. The van der Waals surface area contributed by atoms with Crippen LogP contribution in [0.4, 0.5) is 0 Å². The van der Waals surface area contributed by atoms with E-state index in [0.717, 1.165) is 11.4 Å². The fourth-order valence-electron chi connectivity index (χ4n) is 3.42. The van der Waals surface area contributed by atoms with Gasteiger partial charge in [-0.2, -0.15) is 0 Å². The van der Waals surface area contributed by atoms with Gasteiger partial charge in [-0.05, 0) is 36.5 Å². The van der Waals surface area contributed by atoms with Crippen LogP contribution in [-0.4, -0.2) is 11.6 Å². The Bertz CT molecular complexity index is 565. The van der Waals surface area contributed by atoms with Gasteiger partial charge in [-0.15, -0.1) is 11.3 Å². The minimum Gasteiger partial charge on any atom is -0.487 e. The number of aromatic nitrogens is 1. The number of rotatable bonds is 7. The molecular formula is C18H24N2O2S. The van der Waals surface area contributed by atoms with Crippen molar-refractivity contribution in [2.45, 2.75) is 44.6 Å². The molecule has 1 aromatic heterocycles. The van der Waals surface area contributed by atoms with Crippen molar-refractivity contribution in [2.24, 2.45) is 11.8 Å². The van der Waals surface area contributed by atoms with Crippen molar-refractivity contribution in [3.05, 3.63) is 46.4 Å². The van der Waals surface area contributed by atoms with Gasteiger partial charge < -0.3 is 9.57 Å². The Kier molecular flexibility index (Phi) is 6.02. The van der Waals surface area contributed by atoms with E-state index in [-0.39, 0.29) is 0 Å². The summed E-state index contributed by atoms with van der Waals surface area (Å²) in [5.74, 6) is 7.30. The van der Waals surface area contributed by atoms with Crippen molar-refractivity contribution in [1.29, 1.82) is 0 Å². The van der Waals surface area contributed by atoms with Crippen LogP contribution in [0, 0.1) is 5.92 Å². The van der Waals surface area contributed by atoms with E-state index in [4.69, 9.17) is 15.5 Å². The Labute approximate surface area is 141 Å². The molecule has 4 nitrogen and oxygen atoms in total. The predicted molar refractivity (Wildman–Crippen MR) is 92.3 cm³/mol. The number of nitrogens with zero attached hydrogens (tertiary/aromatic N) is 1. The number of thiazole rings is 1. The largest absolute Gasteiger partial charge is 0.487 e. The molecule has 3 rings (SSSR count). The highest BCUT2D eigenvalue weighted by atomic mass is 32.1. The molecule has 1 saturated carbocycles. The molecule has 2 aromatic rings. The lowest BCUT2D eigenvalue weighted by Crippen LogP contribution is -2.22. The van der Waals surface area contributed by atoms with Crippen molar-refractivity contribution >= 4 is 11.3 Å². The van der Waals surface area contributed by atoms with Crippen LogP contribution in [0.5, 0.6) is 5.75 Å². The molecule has 1 aromatic carbocycles. The first-order valence-electron chi connectivity index (χ1n) is 8.28. The van der Waals surface area contributed by atoms with Crippen molar-refractivity contribution in [2.75, 3.05) is 6.61 Å². The van der Waals surface area contributed by atoms with Crippen molar-refractivity contribution in [1.82, 2.24) is 4.98 Å². The second kappa shape index (κ2) is 8.43. The summed E-state index contributed by atoms with van der Waals surface area (Å²) in [6.45, 7) is 1.10. The molecule has 2 N–H and O–H groups in total. The van der Waals surface area contributed by atoms with E-state index in [2.05, 4.69) is 17.1 Å². The molecule has 1 fully saturated rings. The fraction of sp³-hybridized carbons (Fsp3) is 0.500. The summed E-state index contributed by atoms with van der Waals surface area (Å²) in [7, 11) is 0. The standard InChI is InChI=1S/C18H24N2O2S/c19-22-11-18(14-4-2-1-3-5-14)15-6-8-17(9-7-15)21-10-16-12-23-13-20-16/h6-9,12-14,18H,1-5,10-11,19H2. The van der Waals surface area contributed by atoms with Gasteiger partial charge in [0, 0.05) is 11.3 Å². The molecule has 1 aliphatic rings. The van der Waals surface area contributed by atoms with Gasteiger partial charge in [0.15, 0.2) is 0 Å². The number of hydrogen-bond donors (Lipinski definition) is 1. The first-order chi connectivity index (χ1) is 11.4. The lowest BCUT2D eigenvalue weighted by Gasteiger charge is -2.30. The minimum atomic E-state index is 0.382. The van der Waals surface area contributed by atoms with Crippen molar-refractivity contribution in [3.63, 3.8) is 0 Å². The van der Waals surface area contributed by atoms with Crippen LogP contribution in [0.25, 0.3) is 0 Å². The fourth-order valence-corrected chi connectivity index (χ4v) is 3.97. The summed E-state index contributed by atoms with van der Waals surface area (Å²) in [5.41, 5.74) is 4.09. The van der Waals surface area contributed by atoms with Crippen LogP contribution in [0.2, 0.25) is 0 Å². The van der Waals surface area contributed by atoms with Gasteiger partial charge in [0.25, 0.3) is 0 Å². The third-order valence-electron chi connectivity index (χ3n) is 4.67. The van der Waals surface area contributed by atoms with Crippen LogP contribution in [-0.2, 0) is 11.4 Å². The summed E-state index contributed by atoms with van der Waals surface area (Å²) in [6, 6.07) is 8.37. The Morgan fingerprint density at radius 1 is 1.17 bits per heavy atom. The Hall–Kier alpha value is -1.43. The van der Waals surface area contributed by atoms with Crippen molar-refractivity contribution in [3.8, 4) is 5.75 Å². The maximum atomic E-state index is 5.78. The van der Waals surface area contributed by atoms with E-state index in [1.807, 2.05) is 23.0 Å². The smallest absolute Gasteiger partial charge is 0.131 e. The van der Waals surface area contributed by atoms with E-state index in [0.29, 0.717) is 25.0 Å². The summed E-state index contributed by atoms with van der Waals surface area (Å²) < 4.78 is 5.78. The molecule has 0 radical (unpaired) electrons. The van der Waals surface area contributed by atoms with Gasteiger partial charge in [0.05, 0.1) is 17.8 Å². The highest BCUT2D eigenvalue weighted by Gasteiger charge is 2.25. The van der Waals surface area contributed by atoms with Crippen LogP contribution in [0.15, 0.2) is 35.2 Å². The Morgan fingerprint density at radius 2 is 1.96 bits per heavy atom. The minimum absolute atomic E-state index is 0.382. The highest BCUT2D eigenvalue weighted by Crippen LogP contribution is 2.36. The molecule has 5 heteroatoms. The van der Waals surface area contributed by atoms with E-state index < -0.39 is 0 Å². The van der Waals surface area contributed by atoms with Crippen LogP contribution in [0.1, 0.15) is 49.3 Å². The lowest BCUT2D eigenvalue weighted by molar-refractivity contribution is 0.0973. The second-order valence-electron chi connectivity index (χ2n) is 6.18. The predicted octanol–water partition coefficient (Wildman–Crippen LogP) is 4.28. The van der Waals surface area contributed by atoms with Crippen LogP contribution < -0.4 is 10.6 Å². The van der Waals surface area contributed by atoms with E-state index in [1.54, 1.807) is 11.3 Å². The third-order valence-corrected chi connectivity index (χ3v) is 5.31.